The van der Waals surface area contributed by atoms with Crippen molar-refractivity contribution in [3.05, 3.63) is 30.3 Å². The largest absolute Gasteiger partial charge is 0.492 e. The van der Waals surface area contributed by atoms with Gasteiger partial charge in [0.2, 0.25) is 0 Å². The summed E-state index contributed by atoms with van der Waals surface area (Å²) in [7, 11) is 0. The molecule has 3 N–H and O–H groups in total. The van der Waals surface area contributed by atoms with Crippen molar-refractivity contribution in [3.8, 4) is 5.75 Å². The molecule has 2 aliphatic heterocycles. The summed E-state index contributed by atoms with van der Waals surface area (Å²) in [5, 5.41) is 22.7. The molecule has 8 nitrogen and oxygen atoms in total. The maximum Gasteiger partial charge on any atom is 0.254 e. The molecule has 2 fully saturated rings. The molecule has 0 unspecified atom stereocenters. The number of hydrogen-bond acceptors (Lipinski definition) is 6. The average molecular weight is 405 g/mol. The predicted molar refractivity (Wildman–Crippen MR) is 107 cm³/mol. The number of hydrogen-bond donors (Lipinski definition) is 3. The van der Waals surface area contributed by atoms with Crippen LogP contribution >= 0.6 is 0 Å². The third-order valence-electron chi connectivity index (χ3n) is 5.55. The summed E-state index contributed by atoms with van der Waals surface area (Å²) in [6.07, 6.45) is -0.210. The number of nitrogens with one attached hydrogen (secondary N) is 1. The summed E-state index contributed by atoms with van der Waals surface area (Å²) in [5.74, 6) is -0.312. The molecule has 2 amide bonds. The Kier molecular flexibility index (Phi) is 7.85. The van der Waals surface area contributed by atoms with E-state index in [-0.39, 0.29) is 13.2 Å². The first-order valence-electron chi connectivity index (χ1n) is 10.4. The second-order valence-electron chi connectivity index (χ2n) is 7.79. The van der Waals surface area contributed by atoms with Crippen molar-refractivity contribution in [2.45, 2.75) is 31.5 Å². The molecule has 3 atom stereocenters. The number of para-hydroxylation sites is 1. The zero-order chi connectivity index (χ0) is 20.6. The third kappa shape index (κ3) is 6.16. The van der Waals surface area contributed by atoms with Gasteiger partial charge in [-0.25, -0.2) is 0 Å². The maximum absolute atomic E-state index is 12.5. The standard InChI is InChI=1S/C21H31N3O5/c25-18(20(27)22-9-13-29-17-6-2-1-3-7-17)19(26)21(28)24-12-8-16(15-24)14-23-10-4-5-11-23/h1-3,6-7,16,18-19,25-26H,4-5,8-15H2,(H,22,27)/t16-,18+,19+/m0/s1. The van der Waals surface area contributed by atoms with Crippen LogP contribution in [0.1, 0.15) is 19.3 Å². The molecule has 0 aromatic heterocycles. The first kappa shape index (κ1) is 21.5. The van der Waals surface area contributed by atoms with Gasteiger partial charge in [-0.05, 0) is 50.4 Å². The van der Waals surface area contributed by atoms with Gasteiger partial charge in [-0.2, -0.15) is 0 Å². The summed E-state index contributed by atoms with van der Waals surface area (Å²) in [6.45, 7) is 4.67. The predicted octanol–water partition coefficient (Wildman–Crippen LogP) is -0.152. The monoisotopic (exact) mass is 405 g/mol. The van der Waals surface area contributed by atoms with E-state index in [4.69, 9.17) is 4.74 Å². The van der Waals surface area contributed by atoms with E-state index in [1.165, 1.54) is 12.8 Å². The Labute approximate surface area is 171 Å². The lowest BCUT2D eigenvalue weighted by atomic mass is 10.1. The van der Waals surface area contributed by atoms with Gasteiger partial charge < -0.3 is 30.1 Å². The molecule has 29 heavy (non-hydrogen) atoms. The summed E-state index contributed by atoms with van der Waals surface area (Å²) >= 11 is 0. The van der Waals surface area contributed by atoms with Crippen molar-refractivity contribution in [2.24, 2.45) is 5.92 Å². The van der Waals surface area contributed by atoms with Gasteiger partial charge in [0.25, 0.3) is 11.8 Å². The summed E-state index contributed by atoms with van der Waals surface area (Å²) < 4.78 is 5.45. The number of ether oxygens (including phenoxy) is 1. The van der Waals surface area contributed by atoms with Crippen LogP contribution in [-0.4, -0.2) is 89.9 Å². The normalized spacial score (nSPS) is 21.7. The SMILES string of the molecule is O=C(NCCOc1ccccc1)[C@H](O)[C@@H](O)C(=O)N1CC[C@@H](CN2CCCC2)C1. The summed E-state index contributed by atoms with van der Waals surface area (Å²) in [4.78, 5) is 28.5. The van der Waals surface area contributed by atoms with E-state index in [1.54, 1.807) is 17.0 Å². The molecule has 0 saturated carbocycles. The van der Waals surface area contributed by atoms with E-state index >= 15 is 0 Å². The molecule has 2 saturated heterocycles. The maximum atomic E-state index is 12.5. The molecule has 3 rings (SSSR count). The number of likely N-dealkylation sites (tertiary alicyclic amines) is 2. The highest BCUT2D eigenvalue weighted by Crippen LogP contribution is 2.21. The van der Waals surface area contributed by atoms with Crippen molar-refractivity contribution in [1.82, 2.24) is 15.1 Å². The Morgan fingerprint density at radius 3 is 2.55 bits per heavy atom. The van der Waals surface area contributed by atoms with Crippen molar-refractivity contribution in [3.63, 3.8) is 0 Å². The van der Waals surface area contributed by atoms with Crippen molar-refractivity contribution in [1.29, 1.82) is 0 Å². The topological polar surface area (TPSA) is 102 Å². The molecular formula is C21H31N3O5. The minimum absolute atomic E-state index is 0.160. The number of aliphatic hydroxyl groups is 2. The van der Waals surface area contributed by atoms with E-state index in [2.05, 4.69) is 10.2 Å². The average Bonchev–Trinajstić information content (AvgIpc) is 3.43. The van der Waals surface area contributed by atoms with Crippen LogP contribution in [0.2, 0.25) is 0 Å². The Morgan fingerprint density at radius 2 is 1.83 bits per heavy atom. The number of amides is 2. The van der Waals surface area contributed by atoms with E-state index in [9.17, 15) is 19.8 Å². The van der Waals surface area contributed by atoms with Crippen LogP contribution in [0.15, 0.2) is 30.3 Å². The number of aliphatic hydroxyl groups excluding tert-OH is 2. The highest BCUT2D eigenvalue weighted by molar-refractivity contribution is 5.90. The molecule has 1 aromatic rings. The molecule has 8 heteroatoms. The second kappa shape index (κ2) is 10.6. The second-order valence-corrected chi connectivity index (χ2v) is 7.79. The molecule has 2 heterocycles. The zero-order valence-electron chi connectivity index (χ0n) is 16.7. The highest BCUT2D eigenvalue weighted by Gasteiger charge is 2.36. The third-order valence-corrected chi connectivity index (χ3v) is 5.55. The van der Waals surface area contributed by atoms with Crippen LogP contribution in [-0.2, 0) is 9.59 Å². The van der Waals surface area contributed by atoms with Crippen LogP contribution in [0.3, 0.4) is 0 Å². The Hall–Kier alpha value is -2.16. The minimum atomic E-state index is -1.79. The molecule has 0 radical (unpaired) electrons. The Morgan fingerprint density at radius 1 is 1.10 bits per heavy atom. The lowest BCUT2D eigenvalue weighted by Crippen LogP contribution is -2.50. The van der Waals surface area contributed by atoms with Crippen molar-refractivity contribution < 1.29 is 24.5 Å². The summed E-state index contributed by atoms with van der Waals surface area (Å²) in [5.41, 5.74) is 0. The van der Waals surface area contributed by atoms with Crippen molar-refractivity contribution in [2.75, 3.05) is 45.9 Å². The van der Waals surface area contributed by atoms with Gasteiger partial charge in [-0.1, -0.05) is 18.2 Å². The molecule has 160 valence electrons. The van der Waals surface area contributed by atoms with Gasteiger partial charge in [0.05, 0.1) is 6.54 Å². The van der Waals surface area contributed by atoms with Crippen LogP contribution in [0.4, 0.5) is 0 Å². The van der Waals surface area contributed by atoms with E-state index < -0.39 is 24.0 Å². The molecule has 0 bridgehead atoms. The number of carbonyl (C=O) groups excluding carboxylic acids is 2. The quantitative estimate of drug-likeness (QED) is 0.494. The molecular weight excluding hydrogens is 374 g/mol. The lowest BCUT2D eigenvalue weighted by Gasteiger charge is -2.24. The van der Waals surface area contributed by atoms with Crippen LogP contribution in [0.25, 0.3) is 0 Å². The molecule has 0 aliphatic carbocycles. The Bertz CT molecular complexity index is 666. The first-order chi connectivity index (χ1) is 14.0. The highest BCUT2D eigenvalue weighted by atomic mass is 16.5. The number of benzene rings is 1. The van der Waals surface area contributed by atoms with Crippen molar-refractivity contribution >= 4 is 11.8 Å². The van der Waals surface area contributed by atoms with E-state index in [0.29, 0.717) is 24.8 Å². The van der Waals surface area contributed by atoms with Gasteiger partial charge >= 0.3 is 0 Å². The van der Waals surface area contributed by atoms with Gasteiger partial charge in [-0.15, -0.1) is 0 Å². The van der Waals surface area contributed by atoms with Crippen LogP contribution in [0.5, 0.6) is 5.75 Å². The fourth-order valence-electron chi connectivity index (χ4n) is 3.94. The smallest absolute Gasteiger partial charge is 0.254 e. The van der Waals surface area contributed by atoms with Gasteiger partial charge in [0.1, 0.15) is 12.4 Å². The fourth-order valence-corrected chi connectivity index (χ4v) is 3.94. The van der Waals surface area contributed by atoms with E-state index in [1.807, 2.05) is 18.2 Å². The zero-order valence-corrected chi connectivity index (χ0v) is 16.7. The molecule has 0 spiro atoms. The minimum Gasteiger partial charge on any atom is -0.492 e. The van der Waals surface area contributed by atoms with Gasteiger partial charge in [-0.3, -0.25) is 9.59 Å². The molecule has 1 aromatic carbocycles. The van der Waals surface area contributed by atoms with Gasteiger partial charge in [0, 0.05) is 19.6 Å². The number of rotatable bonds is 9. The summed E-state index contributed by atoms with van der Waals surface area (Å²) in [6, 6.07) is 9.15. The van der Waals surface area contributed by atoms with Crippen LogP contribution in [0, 0.1) is 5.92 Å². The fraction of sp³-hybridized carbons (Fsp3) is 0.619. The Balaban J connectivity index is 1.37. The first-order valence-corrected chi connectivity index (χ1v) is 10.4. The van der Waals surface area contributed by atoms with Crippen LogP contribution < -0.4 is 10.1 Å². The lowest BCUT2D eigenvalue weighted by molar-refractivity contribution is -0.152. The number of nitrogens with zero attached hydrogens (tertiary/aromatic N) is 2. The number of carbonyl (C=O) groups is 2. The van der Waals surface area contributed by atoms with Gasteiger partial charge in [0.15, 0.2) is 12.2 Å². The van der Waals surface area contributed by atoms with E-state index in [0.717, 1.165) is 26.1 Å². The molecule has 2 aliphatic rings.